The third-order valence-electron chi connectivity index (χ3n) is 4.81. The topological polar surface area (TPSA) is 91.2 Å². The zero-order valence-electron chi connectivity index (χ0n) is 16.0. The number of benzene rings is 1. The molecule has 0 unspecified atom stereocenters. The second-order valence-corrected chi connectivity index (χ2v) is 9.34. The van der Waals surface area contributed by atoms with Gasteiger partial charge in [-0.25, -0.2) is 12.7 Å². The Morgan fingerprint density at radius 3 is 2.37 bits per heavy atom. The van der Waals surface area contributed by atoms with Gasteiger partial charge in [-0.3, -0.25) is 9.59 Å². The third-order valence-corrected chi connectivity index (χ3v) is 7.11. The molecule has 27 heavy (non-hydrogen) atoms. The first-order chi connectivity index (χ1) is 12.5. The predicted octanol–water partition coefficient (Wildman–Crippen LogP) is -0.336. The van der Waals surface area contributed by atoms with Gasteiger partial charge in [-0.15, -0.1) is 0 Å². The SMILES string of the molecule is CC(=O)N1CC[NH+]([C@@H](C)C(=O)Nc2ccc(Cl)c(S(=O)(=O)N(C)C)c2)CC1. The number of nitrogens with zero attached hydrogens (tertiary/aromatic N) is 2. The van der Waals surface area contributed by atoms with Crippen molar-refractivity contribution in [1.29, 1.82) is 0 Å². The van der Waals surface area contributed by atoms with Crippen LogP contribution >= 0.6 is 11.6 Å². The second-order valence-electron chi connectivity index (χ2n) is 6.81. The summed E-state index contributed by atoms with van der Waals surface area (Å²) in [5.41, 5.74) is 0.374. The first kappa shape index (κ1) is 21.6. The third kappa shape index (κ3) is 4.98. The number of carbonyl (C=O) groups excluding carboxylic acids is 2. The molecule has 0 aliphatic carbocycles. The largest absolute Gasteiger partial charge is 0.332 e. The van der Waals surface area contributed by atoms with Crippen molar-refractivity contribution in [2.24, 2.45) is 0 Å². The van der Waals surface area contributed by atoms with Gasteiger partial charge in [0.15, 0.2) is 6.04 Å². The molecule has 1 saturated heterocycles. The highest BCUT2D eigenvalue weighted by molar-refractivity contribution is 7.89. The van der Waals surface area contributed by atoms with Crippen LogP contribution in [0.4, 0.5) is 5.69 Å². The van der Waals surface area contributed by atoms with Gasteiger partial charge in [-0.1, -0.05) is 11.6 Å². The monoisotopic (exact) mass is 417 g/mol. The fraction of sp³-hybridized carbons (Fsp3) is 0.529. The summed E-state index contributed by atoms with van der Waals surface area (Å²) >= 11 is 6.03. The molecule has 0 bridgehead atoms. The lowest BCUT2D eigenvalue weighted by Crippen LogP contribution is -3.19. The molecule has 8 nitrogen and oxygen atoms in total. The van der Waals surface area contributed by atoms with E-state index >= 15 is 0 Å². The number of hydrogen-bond donors (Lipinski definition) is 2. The quantitative estimate of drug-likeness (QED) is 0.686. The van der Waals surface area contributed by atoms with E-state index in [2.05, 4.69) is 5.32 Å². The first-order valence-electron chi connectivity index (χ1n) is 8.67. The van der Waals surface area contributed by atoms with Gasteiger partial charge in [0.1, 0.15) is 4.90 Å². The molecule has 10 heteroatoms. The van der Waals surface area contributed by atoms with Crippen LogP contribution in [-0.2, 0) is 19.6 Å². The van der Waals surface area contributed by atoms with E-state index in [1.165, 1.54) is 26.2 Å². The molecular weight excluding hydrogens is 392 g/mol. The van der Waals surface area contributed by atoms with E-state index < -0.39 is 10.0 Å². The number of amides is 2. The Morgan fingerprint density at radius 2 is 1.85 bits per heavy atom. The summed E-state index contributed by atoms with van der Waals surface area (Å²) in [6.07, 6.45) is 0. The van der Waals surface area contributed by atoms with Crippen LogP contribution in [0.5, 0.6) is 0 Å². The molecule has 1 heterocycles. The average molecular weight is 418 g/mol. The normalized spacial score (nSPS) is 17.0. The van der Waals surface area contributed by atoms with Gasteiger partial charge in [0, 0.05) is 26.7 Å². The number of nitrogens with one attached hydrogen (secondary N) is 2. The summed E-state index contributed by atoms with van der Waals surface area (Å²) in [4.78, 5) is 26.8. The fourth-order valence-corrected chi connectivity index (χ4v) is 4.35. The van der Waals surface area contributed by atoms with Gasteiger partial charge in [0.05, 0.1) is 31.2 Å². The minimum absolute atomic E-state index is 0.0435. The lowest BCUT2D eigenvalue weighted by atomic mass is 10.2. The zero-order chi connectivity index (χ0) is 20.4. The van der Waals surface area contributed by atoms with E-state index in [1.807, 2.05) is 6.92 Å². The van der Waals surface area contributed by atoms with Crippen molar-refractivity contribution in [3.8, 4) is 0 Å². The standard InChI is InChI=1S/C17H25ClN4O4S/c1-12(21-7-9-22(10-8-21)13(2)23)17(24)19-14-5-6-15(18)16(11-14)27(25,26)20(3)4/h5-6,11-12H,7-10H2,1-4H3,(H,19,24)/p+1/t12-/m0/s1. The van der Waals surface area contributed by atoms with Crippen LogP contribution in [0.1, 0.15) is 13.8 Å². The predicted molar refractivity (Wildman–Crippen MR) is 103 cm³/mol. The summed E-state index contributed by atoms with van der Waals surface area (Å²) in [5, 5.41) is 2.87. The Balaban J connectivity index is 2.09. The molecule has 2 N–H and O–H groups in total. The molecule has 0 aromatic heterocycles. The van der Waals surface area contributed by atoms with Crippen LogP contribution in [0, 0.1) is 0 Å². The Morgan fingerprint density at radius 1 is 1.26 bits per heavy atom. The Bertz CT molecular complexity index is 820. The number of hydrogen-bond acceptors (Lipinski definition) is 4. The highest BCUT2D eigenvalue weighted by atomic mass is 35.5. The molecule has 1 aromatic carbocycles. The maximum absolute atomic E-state index is 12.6. The van der Waals surface area contributed by atoms with Crippen molar-refractivity contribution in [2.75, 3.05) is 45.6 Å². The molecule has 2 amide bonds. The number of anilines is 1. The lowest BCUT2D eigenvalue weighted by Gasteiger charge is -2.34. The maximum Gasteiger partial charge on any atom is 0.282 e. The molecule has 1 aliphatic heterocycles. The van der Waals surface area contributed by atoms with Crippen LogP contribution in [0.2, 0.25) is 5.02 Å². The van der Waals surface area contributed by atoms with E-state index in [-0.39, 0.29) is 27.8 Å². The number of carbonyl (C=O) groups is 2. The highest BCUT2D eigenvalue weighted by Gasteiger charge is 2.30. The van der Waals surface area contributed by atoms with Crippen LogP contribution in [0.25, 0.3) is 0 Å². The molecular formula is C17H26ClN4O4S+. The van der Waals surface area contributed by atoms with Crippen molar-refractivity contribution in [3.05, 3.63) is 23.2 Å². The average Bonchev–Trinajstić information content (AvgIpc) is 2.62. The smallest absolute Gasteiger partial charge is 0.282 e. The van der Waals surface area contributed by atoms with Gasteiger partial charge in [0.2, 0.25) is 15.9 Å². The molecule has 0 saturated carbocycles. The maximum atomic E-state index is 12.6. The zero-order valence-corrected chi connectivity index (χ0v) is 17.5. The summed E-state index contributed by atoms with van der Waals surface area (Å²) in [6, 6.07) is 4.07. The van der Waals surface area contributed by atoms with Crippen molar-refractivity contribution < 1.29 is 22.9 Å². The molecule has 0 radical (unpaired) electrons. The van der Waals surface area contributed by atoms with Gasteiger partial charge >= 0.3 is 0 Å². The number of quaternary nitrogens is 1. The Kier molecular flexibility index (Phi) is 6.85. The highest BCUT2D eigenvalue weighted by Crippen LogP contribution is 2.26. The van der Waals surface area contributed by atoms with Crippen molar-refractivity contribution >= 4 is 39.1 Å². The lowest BCUT2D eigenvalue weighted by molar-refractivity contribution is -0.917. The molecule has 1 atom stereocenters. The van der Waals surface area contributed by atoms with E-state index in [1.54, 1.807) is 17.9 Å². The molecule has 0 spiro atoms. The van der Waals surface area contributed by atoms with E-state index in [0.717, 1.165) is 9.21 Å². The van der Waals surface area contributed by atoms with Gasteiger partial charge in [-0.2, -0.15) is 0 Å². The summed E-state index contributed by atoms with van der Waals surface area (Å²) < 4.78 is 25.8. The molecule has 2 rings (SSSR count). The molecule has 1 aromatic rings. The van der Waals surface area contributed by atoms with E-state index in [9.17, 15) is 18.0 Å². The van der Waals surface area contributed by atoms with Crippen molar-refractivity contribution in [1.82, 2.24) is 9.21 Å². The number of halogens is 1. The summed E-state index contributed by atoms with van der Waals surface area (Å²) in [7, 11) is -0.874. The van der Waals surface area contributed by atoms with Crippen molar-refractivity contribution in [2.45, 2.75) is 24.8 Å². The van der Waals surface area contributed by atoms with Gasteiger partial charge in [0.25, 0.3) is 5.91 Å². The van der Waals surface area contributed by atoms with Crippen LogP contribution in [0.3, 0.4) is 0 Å². The molecule has 1 fully saturated rings. The Labute approximate surface area is 165 Å². The van der Waals surface area contributed by atoms with E-state index in [4.69, 9.17) is 11.6 Å². The van der Waals surface area contributed by atoms with Crippen LogP contribution < -0.4 is 10.2 Å². The Hall–Kier alpha value is -1.68. The molecule has 1 aliphatic rings. The number of sulfonamides is 1. The first-order valence-corrected chi connectivity index (χ1v) is 10.5. The van der Waals surface area contributed by atoms with E-state index in [0.29, 0.717) is 31.9 Å². The summed E-state index contributed by atoms with van der Waals surface area (Å²) in [6.45, 7) is 5.98. The number of rotatable bonds is 5. The van der Waals surface area contributed by atoms with Gasteiger partial charge in [-0.05, 0) is 25.1 Å². The van der Waals surface area contributed by atoms with Crippen molar-refractivity contribution in [3.63, 3.8) is 0 Å². The van der Waals surface area contributed by atoms with Gasteiger partial charge < -0.3 is 15.1 Å². The van der Waals surface area contributed by atoms with Crippen LogP contribution in [-0.4, -0.2) is 75.8 Å². The second kappa shape index (κ2) is 8.55. The summed E-state index contributed by atoms with van der Waals surface area (Å²) in [5.74, 6) is -0.168. The van der Waals surface area contributed by atoms with Crippen LogP contribution in [0.15, 0.2) is 23.1 Å². The molecule has 150 valence electrons. The minimum atomic E-state index is -3.71. The fourth-order valence-electron chi connectivity index (χ4n) is 2.95. The number of piperazine rings is 1. The minimum Gasteiger partial charge on any atom is -0.332 e.